The van der Waals surface area contributed by atoms with Gasteiger partial charge in [-0.3, -0.25) is 0 Å². The molecule has 4 aromatic rings. The second-order valence-corrected chi connectivity index (χ2v) is 9.21. The van der Waals surface area contributed by atoms with Crippen molar-refractivity contribution in [3.63, 3.8) is 0 Å². The Balaban J connectivity index is 1.28. The Hall–Kier alpha value is -3.29. The highest BCUT2D eigenvalue weighted by molar-refractivity contribution is 9.10. The molecule has 0 saturated carbocycles. The lowest BCUT2D eigenvalue weighted by molar-refractivity contribution is 0.301. The lowest BCUT2D eigenvalue weighted by Gasteiger charge is -2.18. The fraction of sp³-hybridized carbons (Fsp3) is 0.115. The SMILES string of the molecule is COc1ccccc1Nc1nc(C2=Cc3ccc(OCc4ccc(Br)cc4)cc3OC2)cs1. The molecule has 5 nitrogen and oxygen atoms in total. The van der Waals surface area contributed by atoms with Crippen molar-refractivity contribution in [3.05, 3.63) is 93.4 Å². The first-order valence-corrected chi connectivity index (χ1v) is 12.1. The zero-order valence-corrected chi connectivity index (χ0v) is 20.3. The van der Waals surface area contributed by atoms with Crippen LogP contribution < -0.4 is 19.5 Å². The van der Waals surface area contributed by atoms with Crippen LogP contribution in [-0.2, 0) is 6.61 Å². The van der Waals surface area contributed by atoms with E-state index in [0.29, 0.717) is 13.2 Å². The van der Waals surface area contributed by atoms with E-state index in [9.17, 15) is 0 Å². The number of nitrogens with one attached hydrogen (secondary N) is 1. The van der Waals surface area contributed by atoms with Crippen molar-refractivity contribution in [2.24, 2.45) is 0 Å². The molecule has 0 unspecified atom stereocenters. The Bertz CT molecular complexity index is 1300. The standard InChI is InChI=1S/C26H21BrN2O3S/c1-30-24-5-3-2-4-22(24)28-26-29-23(16-33-26)19-12-18-8-11-21(13-25(18)32-15-19)31-14-17-6-9-20(27)10-7-17/h2-13,16H,14-15H2,1H3,(H,28,29). The summed E-state index contributed by atoms with van der Waals surface area (Å²) in [5.74, 6) is 2.38. The number of nitrogens with zero attached hydrogens (tertiary/aromatic N) is 1. The zero-order chi connectivity index (χ0) is 22.6. The highest BCUT2D eigenvalue weighted by atomic mass is 79.9. The summed E-state index contributed by atoms with van der Waals surface area (Å²) in [5.41, 5.74) is 4.95. The van der Waals surface area contributed by atoms with Crippen molar-refractivity contribution in [2.45, 2.75) is 6.61 Å². The monoisotopic (exact) mass is 520 g/mol. The van der Waals surface area contributed by atoms with Crippen molar-refractivity contribution in [3.8, 4) is 17.2 Å². The molecular formula is C26H21BrN2O3S. The van der Waals surface area contributed by atoms with Crippen molar-refractivity contribution in [2.75, 3.05) is 19.0 Å². The third-order valence-corrected chi connectivity index (χ3v) is 6.48. The number of aromatic nitrogens is 1. The molecule has 0 spiro atoms. The van der Waals surface area contributed by atoms with E-state index in [4.69, 9.17) is 19.2 Å². The quantitative estimate of drug-likeness (QED) is 0.280. The number of benzene rings is 3. The molecule has 33 heavy (non-hydrogen) atoms. The smallest absolute Gasteiger partial charge is 0.187 e. The van der Waals surface area contributed by atoms with Crippen LogP contribution in [0.5, 0.6) is 17.2 Å². The number of para-hydroxylation sites is 2. The Kier molecular flexibility index (Phi) is 6.32. The average molecular weight is 521 g/mol. The number of methoxy groups -OCH3 is 1. The molecule has 0 bridgehead atoms. The number of hydrogen-bond donors (Lipinski definition) is 1. The maximum atomic E-state index is 6.03. The number of halogens is 1. The first kappa shape index (κ1) is 21.6. The number of rotatable bonds is 7. The predicted molar refractivity (Wildman–Crippen MR) is 137 cm³/mol. The first-order chi connectivity index (χ1) is 16.2. The Morgan fingerprint density at radius 2 is 1.94 bits per heavy atom. The van der Waals surface area contributed by atoms with Gasteiger partial charge in [0.2, 0.25) is 0 Å². The van der Waals surface area contributed by atoms with Gasteiger partial charge in [0.15, 0.2) is 5.13 Å². The molecule has 0 amide bonds. The van der Waals surface area contributed by atoms with Gasteiger partial charge in [-0.05, 0) is 48.0 Å². The van der Waals surface area contributed by atoms with E-state index >= 15 is 0 Å². The minimum atomic E-state index is 0.459. The van der Waals surface area contributed by atoms with Crippen molar-refractivity contribution < 1.29 is 14.2 Å². The van der Waals surface area contributed by atoms with E-state index in [1.54, 1.807) is 18.4 Å². The molecule has 1 aliphatic rings. The lowest BCUT2D eigenvalue weighted by atomic mass is 10.1. The Morgan fingerprint density at radius 3 is 2.79 bits per heavy atom. The highest BCUT2D eigenvalue weighted by Gasteiger charge is 2.17. The van der Waals surface area contributed by atoms with E-state index < -0.39 is 0 Å². The van der Waals surface area contributed by atoms with Gasteiger partial charge in [-0.15, -0.1) is 11.3 Å². The van der Waals surface area contributed by atoms with Crippen LogP contribution in [0.15, 0.2) is 76.6 Å². The summed E-state index contributed by atoms with van der Waals surface area (Å²) in [6.45, 7) is 0.967. The molecule has 0 fully saturated rings. The van der Waals surface area contributed by atoms with E-state index in [0.717, 1.165) is 54.9 Å². The third-order valence-electron chi connectivity index (χ3n) is 5.20. The van der Waals surface area contributed by atoms with Crippen LogP contribution in [0.3, 0.4) is 0 Å². The van der Waals surface area contributed by atoms with Crippen molar-refractivity contribution in [1.29, 1.82) is 0 Å². The van der Waals surface area contributed by atoms with Crippen LogP contribution >= 0.6 is 27.3 Å². The van der Waals surface area contributed by atoms with Gasteiger partial charge in [0.1, 0.15) is 30.5 Å². The Morgan fingerprint density at radius 1 is 1.09 bits per heavy atom. The molecule has 0 atom stereocenters. The second-order valence-electron chi connectivity index (χ2n) is 7.44. The van der Waals surface area contributed by atoms with Gasteiger partial charge in [-0.25, -0.2) is 4.98 Å². The summed E-state index contributed by atoms with van der Waals surface area (Å²) in [6.07, 6.45) is 2.12. The largest absolute Gasteiger partial charge is 0.495 e. The van der Waals surface area contributed by atoms with Gasteiger partial charge < -0.3 is 19.5 Å². The van der Waals surface area contributed by atoms with E-state index in [2.05, 4.69) is 27.3 Å². The van der Waals surface area contributed by atoms with Gasteiger partial charge in [-0.2, -0.15) is 0 Å². The maximum absolute atomic E-state index is 6.03. The van der Waals surface area contributed by atoms with Crippen molar-refractivity contribution >= 4 is 49.7 Å². The lowest BCUT2D eigenvalue weighted by Crippen LogP contribution is -2.07. The molecule has 1 aromatic heterocycles. The molecule has 0 radical (unpaired) electrons. The van der Waals surface area contributed by atoms with Gasteiger partial charge in [0.05, 0.1) is 18.5 Å². The van der Waals surface area contributed by atoms with Gasteiger partial charge in [0, 0.05) is 27.1 Å². The summed E-state index contributed by atoms with van der Waals surface area (Å²) >= 11 is 5.00. The molecule has 2 heterocycles. The molecule has 3 aromatic carbocycles. The average Bonchev–Trinajstić information content (AvgIpc) is 3.32. The summed E-state index contributed by atoms with van der Waals surface area (Å²) in [7, 11) is 1.66. The zero-order valence-electron chi connectivity index (χ0n) is 17.9. The minimum absolute atomic E-state index is 0.459. The van der Waals surface area contributed by atoms with Crippen LogP contribution in [-0.4, -0.2) is 18.7 Å². The van der Waals surface area contributed by atoms with E-state index in [1.807, 2.05) is 72.1 Å². The molecule has 1 aliphatic heterocycles. The number of ether oxygens (including phenoxy) is 3. The summed E-state index contributed by atoms with van der Waals surface area (Å²) in [6, 6.07) is 21.8. The molecule has 1 N–H and O–H groups in total. The molecule has 7 heteroatoms. The normalized spacial score (nSPS) is 12.4. The predicted octanol–water partition coefficient (Wildman–Crippen LogP) is 7.17. The third kappa shape index (κ3) is 5.05. The fourth-order valence-corrected chi connectivity index (χ4v) is 4.48. The Labute approximate surface area is 204 Å². The van der Waals surface area contributed by atoms with Crippen LogP contribution in [0.4, 0.5) is 10.8 Å². The second kappa shape index (κ2) is 9.68. The number of fused-ring (bicyclic) bond motifs is 1. The summed E-state index contributed by atoms with van der Waals surface area (Å²) in [4.78, 5) is 4.74. The number of anilines is 2. The highest BCUT2D eigenvalue weighted by Crippen LogP contribution is 2.35. The van der Waals surface area contributed by atoms with Gasteiger partial charge >= 0.3 is 0 Å². The first-order valence-electron chi connectivity index (χ1n) is 10.4. The summed E-state index contributed by atoms with van der Waals surface area (Å²) < 4.78 is 18.4. The maximum Gasteiger partial charge on any atom is 0.187 e. The van der Waals surface area contributed by atoms with Crippen LogP contribution in [0.1, 0.15) is 16.8 Å². The van der Waals surface area contributed by atoms with Gasteiger partial charge in [-0.1, -0.05) is 40.2 Å². The van der Waals surface area contributed by atoms with Crippen molar-refractivity contribution in [1.82, 2.24) is 4.98 Å². The van der Waals surface area contributed by atoms with Crippen LogP contribution in [0.2, 0.25) is 0 Å². The number of hydrogen-bond acceptors (Lipinski definition) is 6. The van der Waals surface area contributed by atoms with E-state index in [-0.39, 0.29) is 0 Å². The van der Waals surface area contributed by atoms with Crippen LogP contribution in [0, 0.1) is 0 Å². The minimum Gasteiger partial charge on any atom is -0.495 e. The molecule has 0 aliphatic carbocycles. The van der Waals surface area contributed by atoms with Gasteiger partial charge in [0.25, 0.3) is 0 Å². The molecule has 166 valence electrons. The summed E-state index contributed by atoms with van der Waals surface area (Å²) in [5, 5.41) is 6.17. The van der Waals surface area contributed by atoms with E-state index in [1.165, 1.54) is 0 Å². The molecule has 0 saturated heterocycles. The molecular weight excluding hydrogens is 500 g/mol. The van der Waals surface area contributed by atoms with Crippen LogP contribution in [0.25, 0.3) is 11.6 Å². The molecule has 5 rings (SSSR count). The topological polar surface area (TPSA) is 52.6 Å². The number of thiazole rings is 1. The fourth-order valence-electron chi connectivity index (χ4n) is 3.47.